The Hall–Kier alpha value is -2.17. The molecule has 2 aliphatic rings. The van der Waals surface area contributed by atoms with Crippen molar-refractivity contribution in [3.63, 3.8) is 0 Å². The minimum Gasteiger partial charge on any atom is -0.378 e. The number of carbonyl (C=O) groups excluding carboxylic acids is 1. The van der Waals surface area contributed by atoms with E-state index in [2.05, 4.69) is 42.6 Å². The fourth-order valence-corrected chi connectivity index (χ4v) is 5.49. The van der Waals surface area contributed by atoms with Crippen molar-refractivity contribution in [2.24, 2.45) is 5.73 Å². The first kappa shape index (κ1) is 25.9. The standard InChI is InChI=1S/C31H44N2O2/c1-2-28(32)8-5-3-4-7-24-12-16-27-22-29(18-17-26(27)21-24)33-31(34)25-14-10-23(11-15-25)13-19-30-9-6-20-35-30/h10-12,14-16,21,28-30H,2-9,13,17-20,22,32H2,1H3,(H,33,34). The number of amides is 1. The van der Waals surface area contributed by atoms with Crippen molar-refractivity contribution in [3.05, 3.63) is 70.3 Å². The largest absolute Gasteiger partial charge is 0.378 e. The zero-order valence-corrected chi connectivity index (χ0v) is 21.6. The predicted molar refractivity (Wildman–Crippen MR) is 144 cm³/mol. The van der Waals surface area contributed by atoms with Crippen molar-refractivity contribution >= 4 is 5.91 Å². The van der Waals surface area contributed by atoms with Crippen LogP contribution < -0.4 is 11.1 Å². The summed E-state index contributed by atoms with van der Waals surface area (Å²) < 4.78 is 5.72. The molecule has 1 amide bonds. The van der Waals surface area contributed by atoms with Gasteiger partial charge in [0.2, 0.25) is 0 Å². The number of unbranched alkanes of at least 4 members (excludes halogenated alkanes) is 2. The molecule has 190 valence electrons. The molecule has 3 unspecified atom stereocenters. The highest BCUT2D eigenvalue weighted by Crippen LogP contribution is 2.24. The summed E-state index contributed by atoms with van der Waals surface area (Å²) in [6.07, 6.45) is 15.0. The van der Waals surface area contributed by atoms with Gasteiger partial charge in [-0.15, -0.1) is 0 Å². The lowest BCUT2D eigenvalue weighted by Crippen LogP contribution is -2.38. The Kier molecular flexibility index (Phi) is 9.79. The second-order valence-electron chi connectivity index (χ2n) is 10.7. The van der Waals surface area contributed by atoms with E-state index in [1.165, 1.54) is 54.4 Å². The average Bonchev–Trinajstić information content (AvgIpc) is 3.41. The van der Waals surface area contributed by atoms with Crippen LogP contribution in [0.25, 0.3) is 0 Å². The molecule has 1 aliphatic heterocycles. The molecule has 3 atom stereocenters. The van der Waals surface area contributed by atoms with Gasteiger partial charge in [-0.05, 0) is 105 Å². The first-order valence-corrected chi connectivity index (χ1v) is 14.0. The molecule has 0 aromatic heterocycles. The SMILES string of the molecule is CCC(N)CCCCCc1ccc2c(c1)CCC(NC(=O)c1ccc(CCC3CCCO3)cc1)C2. The van der Waals surface area contributed by atoms with Gasteiger partial charge in [-0.1, -0.05) is 50.1 Å². The molecule has 3 N–H and O–H groups in total. The van der Waals surface area contributed by atoms with Gasteiger partial charge in [0.05, 0.1) is 6.10 Å². The first-order valence-electron chi connectivity index (χ1n) is 14.0. The number of hydrogen-bond acceptors (Lipinski definition) is 3. The number of aryl methyl sites for hydroxylation is 3. The molecule has 35 heavy (non-hydrogen) atoms. The van der Waals surface area contributed by atoms with Gasteiger partial charge in [-0.25, -0.2) is 0 Å². The molecule has 1 saturated heterocycles. The molecule has 0 radical (unpaired) electrons. The number of nitrogens with two attached hydrogens (primary N) is 1. The third kappa shape index (κ3) is 7.91. The number of nitrogens with one attached hydrogen (secondary N) is 1. The summed E-state index contributed by atoms with van der Waals surface area (Å²) in [4.78, 5) is 12.9. The number of ether oxygens (including phenoxy) is 1. The van der Waals surface area contributed by atoms with Crippen LogP contribution >= 0.6 is 0 Å². The van der Waals surface area contributed by atoms with Crippen molar-refractivity contribution in [1.82, 2.24) is 5.32 Å². The zero-order valence-electron chi connectivity index (χ0n) is 21.6. The van der Waals surface area contributed by atoms with Gasteiger partial charge in [0, 0.05) is 24.3 Å². The van der Waals surface area contributed by atoms with Gasteiger partial charge < -0.3 is 15.8 Å². The van der Waals surface area contributed by atoms with Gasteiger partial charge in [0.15, 0.2) is 0 Å². The van der Waals surface area contributed by atoms with E-state index in [1.807, 2.05) is 12.1 Å². The van der Waals surface area contributed by atoms with Gasteiger partial charge in [-0.3, -0.25) is 4.79 Å². The maximum Gasteiger partial charge on any atom is 0.251 e. The predicted octanol–water partition coefficient (Wildman–Crippen LogP) is 5.93. The van der Waals surface area contributed by atoms with E-state index in [1.54, 1.807) is 0 Å². The molecule has 4 nitrogen and oxygen atoms in total. The van der Waals surface area contributed by atoms with Crippen molar-refractivity contribution in [2.45, 2.75) is 109 Å². The summed E-state index contributed by atoms with van der Waals surface area (Å²) >= 11 is 0. The van der Waals surface area contributed by atoms with Crippen molar-refractivity contribution in [3.8, 4) is 0 Å². The fraction of sp³-hybridized carbons (Fsp3) is 0.581. The summed E-state index contributed by atoms with van der Waals surface area (Å²) in [6.45, 7) is 3.07. The van der Waals surface area contributed by atoms with E-state index >= 15 is 0 Å². The monoisotopic (exact) mass is 476 g/mol. The molecular formula is C31H44N2O2. The fourth-order valence-electron chi connectivity index (χ4n) is 5.49. The molecule has 4 rings (SSSR count). The zero-order chi connectivity index (χ0) is 24.5. The van der Waals surface area contributed by atoms with E-state index in [4.69, 9.17) is 10.5 Å². The molecule has 4 heteroatoms. The summed E-state index contributed by atoms with van der Waals surface area (Å²) in [7, 11) is 0. The van der Waals surface area contributed by atoms with Gasteiger partial charge in [0.25, 0.3) is 5.91 Å². The molecule has 0 saturated carbocycles. The van der Waals surface area contributed by atoms with Crippen LogP contribution in [0.15, 0.2) is 42.5 Å². The number of hydrogen-bond donors (Lipinski definition) is 2. The summed E-state index contributed by atoms with van der Waals surface area (Å²) in [5.74, 6) is 0.0449. The molecule has 0 bridgehead atoms. The number of rotatable bonds is 12. The minimum absolute atomic E-state index is 0.0449. The Morgan fingerprint density at radius 3 is 2.63 bits per heavy atom. The first-order chi connectivity index (χ1) is 17.1. The molecule has 1 heterocycles. The maximum absolute atomic E-state index is 12.9. The lowest BCUT2D eigenvalue weighted by atomic mass is 9.86. The van der Waals surface area contributed by atoms with E-state index in [0.717, 1.165) is 63.5 Å². The van der Waals surface area contributed by atoms with Crippen molar-refractivity contribution in [2.75, 3.05) is 6.61 Å². The molecule has 2 aromatic rings. The van der Waals surface area contributed by atoms with Crippen LogP contribution in [0.4, 0.5) is 0 Å². The molecule has 1 fully saturated rings. The summed E-state index contributed by atoms with van der Waals surface area (Å²) in [5, 5.41) is 3.28. The third-order valence-electron chi connectivity index (χ3n) is 7.89. The van der Waals surface area contributed by atoms with Crippen molar-refractivity contribution < 1.29 is 9.53 Å². The third-order valence-corrected chi connectivity index (χ3v) is 7.89. The van der Waals surface area contributed by atoms with Crippen LogP contribution in [0.5, 0.6) is 0 Å². The van der Waals surface area contributed by atoms with E-state index in [0.29, 0.717) is 12.1 Å². The van der Waals surface area contributed by atoms with Crippen molar-refractivity contribution in [1.29, 1.82) is 0 Å². The van der Waals surface area contributed by atoms with Gasteiger partial charge >= 0.3 is 0 Å². The van der Waals surface area contributed by atoms with Crippen LogP contribution in [-0.2, 0) is 30.4 Å². The minimum atomic E-state index is 0.0449. The van der Waals surface area contributed by atoms with E-state index in [-0.39, 0.29) is 11.9 Å². The van der Waals surface area contributed by atoms with Crippen LogP contribution in [0.2, 0.25) is 0 Å². The van der Waals surface area contributed by atoms with Crippen LogP contribution in [0.3, 0.4) is 0 Å². The van der Waals surface area contributed by atoms with Crippen LogP contribution in [0.1, 0.15) is 97.3 Å². The Morgan fingerprint density at radius 1 is 1.03 bits per heavy atom. The van der Waals surface area contributed by atoms with Crippen LogP contribution in [-0.4, -0.2) is 30.7 Å². The Morgan fingerprint density at radius 2 is 1.86 bits per heavy atom. The highest BCUT2D eigenvalue weighted by molar-refractivity contribution is 5.94. The number of fused-ring (bicyclic) bond motifs is 1. The number of benzene rings is 2. The Bertz CT molecular complexity index is 933. The highest BCUT2D eigenvalue weighted by Gasteiger charge is 2.21. The van der Waals surface area contributed by atoms with E-state index in [9.17, 15) is 4.79 Å². The summed E-state index contributed by atoms with van der Waals surface area (Å²) in [6, 6.07) is 15.7. The summed E-state index contributed by atoms with van der Waals surface area (Å²) in [5.41, 5.74) is 12.4. The maximum atomic E-state index is 12.9. The second kappa shape index (κ2) is 13.2. The Balaban J connectivity index is 1.20. The van der Waals surface area contributed by atoms with Crippen LogP contribution in [0, 0.1) is 0 Å². The lowest BCUT2D eigenvalue weighted by molar-refractivity contribution is 0.0933. The molecule has 1 aliphatic carbocycles. The molecule has 0 spiro atoms. The molecular weight excluding hydrogens is 432 g/mol. The average molecular weight is 477 g/mol. The topological polar surface area (TPSA) is 64.3 Å². The second-order valence-corrected chi connectivity index (χ2v) is 10.7. The highest BCUT2D eigenvalue weighted by atomic mass is 16.5. The quantitative estimate of drug-likeness (QED) is 0.373. The lowest BCUT2D eigenvalue weighted by Gasteiger charge is -2.26. The van der Waals surface area contributed by atoms with E-state index < -0.39 is 0 Å². The van der Waals surface area contributed by atoms with Gasteiger partial charge in [-0.2, -0.15) is 0 Å². The van der Waals surface area contributed by atoms with Gasteiger partial charge in [0.1, 0.15) is 0 Å². The smallest absolute Gasteiger partial charge is 0.251 e. The normalized spacial score (nSPS) is 20.4. The molecule has 2 aromatic carbocycles. The number of carbonyl (C=O) groups is 1. The Labute approximate surface area is 212 Å².